The van der Waals surface area contributed by atoms with Gasteiger partial charge in [0.1, 0.15) is 22.5 Å². The molecule has 2 heterocycles. The first-order valence-electron chi connectivity index (χ1n) is 6.28. The fraction of sp³-hybridized carbons (Fsp3) is 0.429. The Hall–Kier alpha value is -1.39. The summed E-state index contributed by atoms with van der Waals surface area (Å²) in [6.07, 6.45) is 4.08. The maximum atomic E-state index is 6.01. The molecule has 3 rings (SSSR count). The molecular weight excluding hydrogens is 264 g/mol. The number of hydrogen-bond donors (Lipinski definition) is 0. The van der Waals surface area contributed by atoms with E-state index < -0.39 is 0 Å². The van der Waals surface area contributed by atoms with Crippen LogP contribution in [0.15, 0.2) is 18.3 Å². The highest BCUT2D eigenvalue weighted by atomic mass is 35.5. The van der Waals surface area contributed by atoms with Gasteiger partial charge in [-0.3, -0.25) is 4.98 Å². The van der Waals surface area contributed by atoms with Crippen LogP contribution in [-0.4, -0.2) is 29.3 Å². The van der Waals surface area contributed by atoms with E-state index in [9.17, 15) is 0 Å². The minimum atomic E-state index is 0.191. The zero-order valence-electron chi connectivity index (χ0n) is 10.9. The van der Waals surface area contributed by atoms with Gasteiger partial charge in [0.2, 0.25) is 0 Å². The Kier molecular flexibility index (Phi) is 3.29. The van der Waals surface area contributed by atoms with Gasteiger partial charge in [0.15, 0.2) is 0 Å². The number of hydrogen-bond acceptors (Lipinski definition) is 4. The van der Waals surface area contributed by atoms with Crippen molar-refractivity contribution in [3.8, 4) is 5.75 Å². The van der Waals surface area contributed by atoms with Crippen molar-refractivity contribution in [2.24, 2.45) is 0 Å². The summed E-state index contributed by atoms with van der Waals surface area (Å²) in [4.78, 5) is 8.67. The molecule has 1 fully saturated rings. The zero-order valence-corrected chi connectivity index (χ0v) is 11.6. The van der Waals surface area contributed by atoms with Crippen molar-refractivity contribution < 1.29 is 9.47 Å². The lowest BCUT2D eigenvalue weighted by atomic mass is 9.92. The molecular formula is C14H15ClN2O2. The molecule has 0 atom stereocenters. The lowest BCUT2D eigenvalue weighted by molar-refractivity contribution is -0.0376. The number of fused-ring (bicyclic) bond motifs is 1. The molecule has 2 aromatic heterocycles. The van der Waals surface area contributed by atoms with Crippen LogP contribution in [0.5, 0.6) is 5.75 Å². The predicted molar refractivity (Wildman–Crippen MR) is 73.7 cm³/mol. The van der Waals surface area contributed by atoms with E-state index in [4.69, 9.17) is 21.1 Å². The maximum Gasteiger partial charge on any atom is 0.149 e. The van der Waals surface area contributed by atoms with Crippen LogP contribution >= 0.6 is 11.6 Å². The number of aromatic nitrogens is 2. The molecule has 0 aromatic carbocycles. The number of pyridine rings is 2. The normalized spacial score (nSPS) is 22.3. The lowest BCUT2D eigenvalue weighted by Gasteiger charge is -2.34. The second-order valence-corrected chi connectivity index (χ2v) is 5.22. The van der Waals surface area contributed by atoms with E-state index in [1.54, 1.807) is 13.3 Å². The monoisotopic (exact) mass is 278 g/mol. The summed E-state index contributed by atoms with van der Waals surface area (Å²) in [6, 6.07) is 3.65. The van der Waals surface area contributed by atoms with Gasteiger partial charge in [-0.1, -0.05) is 11.6 Å². The van der Waals surface area contributed by atoms with Gasteiger partial charge < -0.3 is 9.47 Å². The Bertz CT molecular complexity index is 612. The molecule has 1 aliphatic rings. The summed E-state index contributed by atoms with van der Waals surface area (Å²) >= 11 is 6.01. The van der Waals surface area contributed by atoms with E-state index in [1.807, 2.05) is 19.1 Å². The van der Waals surface area contributed by atoms with Crippen LogP contribution in [0.2, 0.25) is 5.15 Å². The molecule has 100 valence electrons. The molecule has 1 aliphatic carbocycles. The Morgan fingerprint density at radius 2 is 2.05 bits per heavy atom. The Morgan fingerprint density at radius 3 is 2.79 bits per heavy atom. The SMILES string of the molecule is CO[C@H]1C[C@H](Oc2ccnc3c(C)cc(Cl)nc23)C1. The van der Waals surface area contributed by atoms with Gasteiger partial charge >= 0.3 is 0 Å². The highest BCUT2D eigenvalue weighted by Gasteiger charge is 2.31. The highest BCUT2D eigenvalue weighted by Crippen LogP contribution is 2.32. The fourth-order valence-electron chi connectivity index (χ4n) is 2.30. The minimum absolute atomic E-state index is 0.191. The number of rotatable bonds is 3. The van der Waals surface area contributed by atoms with Crippen LogP contribution in [0.3, 0.4) is 0 Å². The molecule has 0 radical (unpaired) electrons. The van der Waals surface area contributed by atoms with Crippen molar-refractivity contribution in [2.45, 2.75) is 32.0 Å². The first-order chi connectivity index (χ1) is 9.17. The summed E-state index contributed by atoms with van der Waals surface area (Å²) < 4.78 is 11.2. The summed E-state index contributed by atoms with van der Waals surface area (Å²) in [6.45, 7) is 1.97. The number of nitrogens with zero attached hydrogens (tertiary/aromatic N) is 2. The molecule has 0 aliphatic heterocycles. The van der Waals surface area contributed by atoms with E-state index in [0.29, 0.717) is 11.3 Å². The van der Waals surface area contributed by atoms with E-state index >= 15 is 0 Å². The molecule has 0 N–H and O–H groups in total. The average Bonchev–Trinajstić information content (AvgIpc) is 2.33. The fourth-order valence-corrected chi connectivity index (χ4v) is 2.55. The van der Waals surface area contributed by atoms with Gasteiger partial charge in [0.25, 0.3) is 0 Å². The first-order valence-corrected chi connectivity index (χ1v) is 6.66. The van der Waals surface area contributed by atoms with Crippen molar-refractivity contribution >= 4 is 22.6 Å². The molecule has 0 unspecified atom stereocenters. The van der Waals surface area contributed by atoms with Gasteiger partial charge in [-0.2, -0.15) is 0 Å². The van der Waals surface area contributed by atoms with Crippen LogP contribution in [0.1, 0.15) is 18.4 Å². The van der Waals surface area contributed by atoms with Crippen LogP contribution in [0.4, 0.5) is 0 Å². The third-order valence-corrected chi connectivity index (χ3v) is 3.69. The Balaban J connectivity index is 1.91. The number of aryl methyl sites for hydroxylation is 1. The zero-order chi connectivity index (χ0) is 13.4. The summed E-state index contributed by atoms with van der Waals surface area (Å²) in [5.41, 5.74) is 2.57. The quantitative estimate of drug-likeness (QED) is 0.809. The summed E-state index contributed by atoms with van der Waals surface area (Å²) in [5, 5.41) is 0.464. The Morgan fingerprint density at radius 1 is 1.26 bits per heavy atom. The number of halogens is 1. The largest absolute Gasteiger partial charge is 0.488 e. The predicted octanol–water partition coefficient (Wildman–Crippen LogP) is 3.15. The topological polar surface area (TPSA) is 44.2 Å². The molecule has 0 spiro atoms. The molecule has 1 saturated carbocycles. The van der Waals surface area contributed by atoms with E-state index in [1.165, 1.54) is 0 Å². The average molecular weight is 279 g/mol. The van der Waals surface area contributed by atoms with Crippen LogP contribution in [-0.2, 0) is 4.74 Å². The van der Waals surface area contributed by atoms with Crippen molar-refractivity contribution in [3.05, 3.63) is 29.0 Å². The smallest absolute Gasteiger partial charge is 0.149 e. The molecule has 5 heteroatoms. The lowest BCUT2D eigenvalue weighted by Crippen LogP contribution is -2.38. The standard InChI is InChI=1S/C14H15ClN2O2/c1-8-5-12(15)17-14-11(3-4-16-13(8)14)19-10-6-9(7-10)18-2/h3-5,9-10H,6-7H2,1-2H3/t9-,10-. The van der Waals surface area contributed by atoms with Gasteiger partial charge in [-0.15, -0.1) is 0 Å². The Labute approximate surface area is 116 Å². The third kappa shape index (κ3) is 2.38. The van der Waals surface area contributed by atoms with E-state index in [-0.39, 0.29) is 6.10 Å². The summed E-state index contributed by atoms with van der Waals surface area (Å²) in [5.74, 6) is 0.746. The van der Waals surface area contributed by atoms with Crippen molar-refractivity contribution in [1.82, 2.24) is 9.97 Å². The minimum Gasteiger partial charge on any atom is -0.488 e. The molecule has 2 aromatic rings. The van der Waals surface area contributed by atoms with Gasteiger partial charge in [-0.05, 0) is 18.6 Å². The second-order valence-electron chi connectivity index (χ2n) is 4.84. The van der Waals surface area contributed by atoms with Crippen molar-refractivity contribution in [3.63, 3.8) is 0 Å². The second kappa shape index (κ2) is 4.94. The van der Waals surface area contributed by atoms with Gasteiger partial charge in [-0.25, -0.2) is 4.98 Å². The molecule has 4 nitrogen and oxygen atoms in total. The molecule has 0 saturated heterocycles. The van der Waals surface area contributed by atoms with E-state index in [2.05, 4.69) is 9.97 Å². The molecule has 19 heavy (non-hydrogen) atoms. The van der Waals surface area contributed by atoms with Gasteiger partial charge in [0.05, 0.1) is 11.6 Å². The number of methoxy groups -OCH3 is 1. The maximum absolute atomic E-state index is 6.01. The van der Waals surface area contributed by atoms with Crippen LogP contribution in [0, 0.1) is 6.92 Å². The number of ether oxygens (including phenoxy) is 2. The van der Waals surface area contributed by atoms with Crippen molar-refractivity contribution in [2.75, 3.05) is 7.11 Å². The molecule has 0 bridgehead atoms. The van der Waals surface area contributed by atoms with Crippen molar-refractivity contribution in [1.29, 1.82) is 0 Å². The summed E-state index contributed by atoms with van der Waals surface area (Å²) in [7, 11) is 1.73. The van der Waals surface area contributed by atoms with E-state index in [0.717, 1.165) is 35.2 Å². The molecule has 0 amide bonds. The van der Waals surface area contributed by atoms with Gasteiger partial charge in [0, 0.05) is 32.2 Å². The first kappa shape index (κ1) is 12.6. The third-order valence-electron chi connectivity index (χ3n) is 3.49. The highest BCUT2D eigenvalue weighted by molar-refractivity contribution is 6.29. The van der Waals surface area contributed by atoms with Crippen LogP contribution < -0.4 is 4.74 Å². The van der Waals surface area contributed by atoms with Crippen LogP contribution in [0.25, 0.3) is 11.0 Å².